The highest BCUT2D eigenvalue weighted by Crippen LogP contribution is 2.41. The SMILES string of the molecule is CC(C)CC1=NN(C(=O)COc2ccccc2)[C@@](O)(C(F)(F)F)C1. The van der Waals surface area contributed by atoms with Gasteiger partial charge in [0.05, 0.1) is 0 Å². The van der Waals surface area contributed by atoms with Crippen molar-refractivity contribution in [3.05, 3.63) is 30.3 Å². The third kappa shape index (κ3) is 3.87. The second-order valence-corrected chi connectivity index (χ2v) is 6.06. The highest BCUT2D eigenvalue weighted by atomic mass is 19.4. The molecule has 1 aromatic rings. The molecule has 1 N–H and O–H groups in total. The molecule has 1 aromatic carbocycles. The fraction of sp³-hybridized carbons (Fsp3) is 0.500. The number of para-hydroxylation sites is 1. The van der Waals surface area contributed by atoms with Crippen molar-refractivity contribution in [3.8, 4) is 5.75 Å². The van der Waals surface area contributed by atoms with Gasteiger partial charge >= 0.3 is 6.18 Å². The molecule has 0 aromatic heterocycles. The first kappa shape index (κ1) is 18.3. The van der Waals surface area contributed by atoms with E-state index in [-0.39, 0.29) is 23.1 Å². The second kappa shape index (κ2) is 6.80. The van der Waals surface area contributed by atoms with Crippen LogP contribution in [0.25, 0.3) is 0 Å². The Kier molecular flexibility index (Phi) is 5.17. The predicted molar refractivity (Wildman–Crippen MR) is 81.3 cm³/mol. The van der Waals surface area contributed by atoms with Gasteiger partial charge in [0.1, 0.15) is 5.75 Å². The van der Waals surface area contributed by atoms with Gasteiger partial charge in [-0.25, -0.2) is 0 Å². The molecule has 0 bridgehead atoms. The van der Waals surface area contributed by atoms with Gasteiger partial charge in [-0.1, -0.05) is 32.0 Å². The van der Waals surface area contributed by atoms with Crippen LogP contribution in [0.3, 0.4) is 0 Å². The Hall–Kier alpha value is -2.09. The first-order valence-electron chi connectivity index (χ1n) is 7.50. The Morgan fingerprint density at radius 3 is 2.54 bits per heavy atom. The van der Waals surface area contributed by atoms with E-state index in [4.69, 9.17) is 4.74 Å². The number of hydrogen-bond donors (Lipinski definition) is 1. The molecule has 8 heteroatoms. The van der Waals surface area contributed by atoms with E-state index in [0.29, 0.717) is 5.75 Å². The van der Waals surface area contributed by atoms with Gasteiger partial charge in [-0.2, -0.15) is 23.3 Å². The number of amides is 1. The highest BCUT2D eigenvalue weighted by Gasteiger charge is 2.63. The number of rotatable bonds is 5. The number of carbonyl (C=O) groups is 1. The summed E-state index contributed by atoms with van der Waals surface area (Å²) in [6.07, 6.45) is -5.49. The Morgan fingerprint density at radius 1 is 1.38 bits per heavy atom. The lowest BCUT2D eigenvalue weighted by Gasteiger charge is -2.32. The molecule has 1 heterocycles. The number of hydrazone groups is 1. The fourth-order valence-electron chi connectivity index (χ4n) is 2.41. The summed E-state index contributed by atoms with van der Waals surface area (Å²) >= 11 is 0. The molecule has 1 atom stereocenters. The summed E-state index contributed by atoms with van der Waals surface area (Å²) in [5.41, 5.74) is -3.19. The maximum absolute atomic E-state index is 13.3. The molecule has 1 aliphatic heterocycles. The van der Waals surface area contributed by atoms with Crippen LogP contribution in [0.2, 0.25) is 0 Å². The van der Waals surface area contributed by atoms with E-state index in [1.54, 1.807) is 30.3 Å². The molecule has 5 nitrogen and oxygen atoms in total. The van der Waals surface area contributed by atoms with Crippen LogP contribution in [0.5, 0.6) is 5.75 Å². The zero-order chi connectivity index (χ0) is 18.0. The molecule has 0 saturated heterocycles. The van der Waals surface area contributed by atoms with E-state index in [2.05, 4.69) is 5.10 Å². The number of aliphatic hydroxyl groups is 1. The maximum Gasteiger partial charge on any atom is 0.438 e. The predicted octanol–water partition coefficient (Wildman–Crippen LogP) is 2.95. The van der Waals surface area contributed by atoms with Crippen molar-refractivity contribution in [1.82, 2.24) is 5.01 Å². The number of nitrogens with zero attached hydrogens (tertiary/aromatic N) is 2. The van der Waals surface area contributed by atoms with Gasteiger partial charge in [0.15, 0.2) is 6.61 Å². The Labute approximate surface area is 137 Å². The minimum atomic E-state index is -5.02. The normalized spacial score (nSPS) is 21.1. The van der Waals surface area contributed by atoms with E-state index in [0.717, 1.165) is 0 Å². The van der Waals surface area contributed by atoms with Crippen LogP contribution in [-0.4, -0.2) is 40.2 Å². The molecule has 132 valence electrons. The minimum absolute atomic E-state index is 0.0526. The van der Waals surface area contributed by atoms with E-state index in [1.807, 2.05) is 13.8 Å². The third-order valence-corrected chi connectivity index (χ3v) is 3.48. The van der Waals surface area contributed by atoms with Crippen molar-refractivity contribution >= 4 is 11.6 Å². The van der Waals surface area contributed by atoms with Crippen LogP contribution in [-0.2, 0) is 4.79 Å². The van der Waals surface area contributed by atoms with E-state index in [9.17, 15) is 23.1 Å². The van der Waals surface area contributed by atoms with E-state index in [1.165, 1.54) is 0 Å². The van der Waals surface area contributed by atoms with Crippen molar-refractivity contribution in [2.24, 2.45) is 11.0 Å². The number of ether oxygens (including phenoxy) is 1. The van der Waals surface area contributed by atoms with E-state index < -0.39 is 30.8 Å². The van der Waals surface area contributed by atoms with Crippen LogP contribution in [0.15, 0.2) is 35.4 Å². The largest absolute Gasteiger partial charge is 0.484 e. The lowest BCUT2D eigenvalue weighted by atomic mass is 9.99. The van der Waals surface area contributed by atoms with Gasteiger partial charge in [-0.3, -0.25) is 4.79 Å². The molecule has 0 fully saturated rings. The summed E-state index contributed by atoms with van der Waals surface area (Å²) in [5.74, 6) is -0.665. The first-order valence-corrected chi connectivity index (χ1v) is 7.50. The minimum Gasteiger partial charge on any atom is -0.484 e. The Balaban J connectivity index is 2.15. The zero-order valence-corrected chi connectivity index (χ0v) is 13.4. The molecule has 0 aliphatic carbocycles. The number of carbonyl (C=O) groups excluding carboxylic acids is 1. The molecule has 0 saturated carbocycles. The molecule has 0 unspecified atom stereocenters. The second-order valence-electron chi connectivity index (χ2n) is 6.06. The fourth-order valence-corrected chi connectivity index (χ4v) is 2.41. The quantitative estimate of drug-likeness (QED) is 0.893. The summed E-state index contributed by atoms with van der Waals surface area (Å²) < 4.78 is 45.0. The number of benzene rings is 1. The molecule has 0 spiro atoms. The van der Waals surface area contributed by atoms with Crippen LogP contribution >= 0.6 is 0 Å². The molecule has 2 rings (SSSR count). The monoisotopic (exact) mass is 344 g/mol. The van der Waals surface area contributed by atoms with Crippen LogP contribution in [0.4, 0.5) is 13.2 Å². The summed E-state index contributed by atoms with van der Waals surface area (Å²) in [7, 11) is 0. The topological polar surface area (TPSA) is 62.1 Å². The summed E-state index contributed by atoms with van der Waals surface area (Å²) in [6, 6.07) is 8.21. The number of alkyl halides is 3. The number of hydrogen-bond acceptors (Lipinski definition) is 4. The Bertz CT molecular complexity index is 617. The third-order valence-electron chi connectivity index (χ3n) is 3.48. The first-order chi connectivity index (χ1) is 11.1. The lowest BCUT2D eigenvalue weighted by Crippen LogP contribution is -2.57. The zero-order valence-electron chi connectivity index (χ0n) is 13.4. The van der Waals surface area contributed by atoms with Gasteiger partial charge in [0.2, 0.25) is 0 Å². The summed E-state index contributed by atoms with van der Waals surface area (Å²) in [4.78, 5) is 12.1. The van der Waals surface area contributed by atoms with Gasteiger partial charge in [0.25, 0.3) is 11.6 Å². The standard InChI is InChI=1S/C16H19F3N2O3/c1-11(2)8-12-9-15(23,16(17,18)19)21(20-12)14(22)10-24-13-6-4-3-5-7-13/h3-7,11,23H,8-10H2,1-2H3/t15-/m0/s1. The van der Waals surface area contributed by atoms with Crippen molar-refractivity contribution in [2.45, 2.75) is 38.6 Å². The average molecular weight is 344 g/mol. The summed E-state index contributed by atoms with van der Waals surface area (Å²) in [6.45, 7) is 2.98. The van der Waals surface area contributed by atoms with Crippen molar-refractivity contribution in [2.75, 3.05) is 6.61 Å². The summed E-state index contributed by atoms with van der Waals surface area (Å²) in [5, 5.41) is 13.9. The van der Waals surface area contributed by atoms with Crippen molar-refractivity contribution < 1.29 is 27.8 Å². The maximum atomic E-state index is 13.3. The Morgan fingerprint density at radius 2 is 2.00 bits per heavy atom. The highest BCUT2D eigenvalue weighted by molar-refractivity contribution is 5.91. The smallest absolute Gasteiger partial charge is 0.438 e. The van der Waals surface area contributed by atoms with Crippen LogP contribution in [0, 0.1) is 5.92 Å². The van der Waals surface area contributed by atoms with Gasteiger partial charge in [0, 0.05) is 12.1 Å². The van der Waals surface area contributed by atoms with Crippen molar-refractivity contribution in [1.29, 1.82) is 0 Å². The molecular weight excluding hydrogens is 325 g/mol. The van der Waals surface area contributed by atoms with Crippen molar-refractivity contribution in [3.63, 3.8) is 0 Å². The molecule has 0 radical (unpaired) electrons. The van der Waals surface area contributed by atoms with Gasteiger partial charge < -0.3 is 9.84 Å². The van der Waals surface area contributed by atoms with Crippen LogP contribution in [0.1, 0.15) is 26.7 Å². The molecule has 1 amide bonds. The average Bonchev–Trinajstić information content (AvgIpc) is 2.83. The lowest BCUT2D eigenvalue weighted by molar-refractivity contribution is -0.302. The van der Waals surface area contributed by atoms with Crippen LogP contribution < -0.4 is 4.74 Å². The number of halogens is 3. The molecular formula is C16H19F3N2O3. The van der Waals surface area contributed by atoms with Gasteiger partial charge in [-0.15, -0.1) is 0 Å². The van der Waals surface area contributed by atoms with Gasteiger partial charge in [-0.05, 0) is 24.5 Å². The molecule has 1 aliphatic rings. The van der Waals surface area contributed by atoms with E-state index >= 15 is 0 Å². The molecule has 24 heavy (non-hydrogen) atoms.